The Labute approximate surface area is 163 Å². The van der Waals surface area contributed by atoms with E-state index in [9.17, 15) is 9.59 Å². The lowest BCUT2D eigenvalue weighted by Gasteiger charge is -2.31. The molecule has 2 fully saturated rings. The molecule has 0 bridgehead atoms. The van der Waals surface area contributed by atoms with Crippen LogP contribution in [0.2, 0.25) is 0 Å². The second-order valence-electron chi connectivity index (χ2n) is 7.23. The summed E-state index contributed by atoms with van der Waals surface area (Å²) < 4.78 is 5.29. The van der Waals surface area contributed by atoms with Crippen LogP contribution < -0.4 is 5.32 Å². The van der Waals surface area contributed by atoms with Gasteiger partial charge in [-0.2, -0.15) is 0 Å². The largest absolute Gasteiger partial charge is 0.445 e. The van der Waals surface area contributed by atoms with Crippen molar-refractivity contribution in [2.24, 2.45) is 5.92 Å². The summed E-state index contributed by atoms with van der Waals surface area (Å²) >= 11 is 3.32. The number of amides is 2. The van der Waals surface area contributed by atoms with Crippen LogP contribution in [0.4, 0.5) is 4.79 Å². The molecule has 1 saturated carbocycles. The molecule has 3 rings (SSSR count). The lowest BCUT2D eigenvalue weighted by atomic mass is 9.94. The number of nitrogens with one attached hydrogen (secondary N) is 1. The number of ether oxygens (including phenoxy) is 1. The summed E-state index contributed by atoms with van der Waals surface area (Å²) in [4.78, 5) is 26.6. The Hall–Kier alpha value is -1.56. The van der Waals surface area contributed by atoms with Crippen molar-refractivity contribution in [2.75, 3.05) is 11.9 Å². The molecule has 2 aliphatic rings. The summed E-state index contributed by atoms with van der Waals surface area (Å²) in [5.74, 6) is 0.691. The van der Waals surface area contributed by atoms with Crippen LogP contribution in [0.5, 0.6) is 0 Å². The monoisotopic (exact) mass is 422 g/mol. The number of alkyl halides is 1. The zero-order valence-corrected chi connectivity index (χ0v) is 16.6. The van der Waals surface area contributed by atoms with Crippen molar-refractivity contribution < 1.29 is 14.3 Å². The van der Waals surface area contributed by atoms with Gasteiger partial charge in [0.2, 0.25) is 5.91 Å². The SMILES string of the molecule is O=C(NC[C@@H]1C[C@@H]2CCCCC[C@H]2N1C(=O)CBr)OCc1ccccc1. The smallest absolute Gasteiger partial charge is 0.407 e. The van der Waals surface area contributed by atoms with Gasteiger partial charge in [-0.3, -0.25) is 4.79 Å². The number of nitrogens with zero attached hydrogens (tertiary/aromatic N) is 1. The predicted octanol–water partition coefficient (Wildman–Crippen LogP) is 3.86. The van der Waals surface area contributed by atoms with Crippen LogP contribution in [-0.2, 0) is 16.1 Å². The minimum absolute atomic E-state index is 0.0671. The van der Waals surface area contributed by atoms with Gasteiger partial charge in [-0.05, 0) is 30.7 Å². The fourth-order valence-electron chi connectivity index (χ4n) is 4.35. The van der Waals surface area contributed by atoms with Gasteiger partial charge in [0.15, 0.2) is 0 Å². The topological polar surface area (TPSA) is 58.6 Å². The molecule has 2 amide bonds. The predicted molar refractivity (Wildman–Crippen MR) is 104 cm³/mol. The van der Waals surface area contributed by atoms with Crippen LogP contribution in [0.3, 0.4) is 0 Å². The van der Waals surface area contributed by atoms with Crippen molar-refractivity contribution >= 4 is 27.9 Å². The second-order valence-corrected chi connectivity index (χ2v) is 7.79. The van der Waals surface area contributed by atoms with Crippen LogP contribution in [0.25, 0.3) is 0 Å². The summed E-state index contributed by atoms with van der Waals surface area (Å²) in [7, 11) is 0. The van der Waals surface area contributed by atoms with Crippen LogP contribution in [-0.4, -0.2) is 40.9 Å². The Morgan fingerprint density at radius 3 is 2.69 bits per heavy atom. The molecule has 1 aliphatic heterocycles. The summed E-state index contributed by atoms with van der Waals surface area (Å²) in [5, 5.41) is 3.20. The number of likely N-dealkylation sites (tertiary alicyclic amines) is 1. The van der Waals surface area contributed by atoms with E-state index in [2.05, 4.69) is 21.2 Å². The molecule has 0 unspecified atom stereocenters. The molecule has 0 aromatic heterocycles. The van der Waals surface area contributed by atoms with Gasteiger partial charge in [0.25, 0.3) is 0 Å². The van der Waals surface area contributed by atoms with Crippen molar-refractivity contribution in [3.63, 3.8) is 0 Å². The first-order valence-corrected chi connectivity index (χ1v) is 10.6. The number of carbonyl (C=O) groups excluding carboxylic acids is 2. The number of alkyl carbamates (subject to hydrolysis) is 1. The van der Waals surface area contributed by atoms with Crippen LogP contribution in [0.1, 0.15) is 44.1 Å². The number of carbonyl (C=O) groups is 2. The number of halogens is 1. The summed E-state index contributed by atoms with van der Waals surface area (Å²) in [6.45, 7) is 0.714. The number of hydrogen-bond acceptors (Lipinski definition) is 3. The Bertz CT molecular complexity index is 610. The number of fused-ring (bicyclic) bond motifs is 1. The van der Waals surface area contributed by atoms with E-state index in [0.29, 0.717) is 23.8 Å². The normalized spacial score (nSPS) is 25.3. The molecule has 1 saturated heterocycles. The molecule has 1 aromatic carbocycles. The van der Waals surface area contributed by atoms with Crippen molar-refractivity contribution in [1.82, 2.24) is 10.2 Å². The lowest BCUT2D eigenvalue weighted by molar-refractivity contribution is -0.131. The maximum atomic E-state index is 12.5. The Morgan fingerprint density at radius 2 is 1.92 bits per heavy atom. The zero-order valence-electron chi connectivity index (χ0n) is 15.0. The molecule has 1 aromatic rings. The van der Waals surface area contributed by atoms with Gasteiger partial charge in [-0.15, -0.1) is 0 Å². The molecule has 1 N–H and O–H groups in total. The highest BCUT2D eigenvalue weighted by atomic mass is 79.9. The third-order valence-corrected chi connectivity index (χ3v) is 6.02. The van der Waals surface area contributed by atoms with Gasteiger partial charge in [0.1, 0.15) is 6.61 Å². The van der Waals surface area contributed by atoms with E-state index in [1.807, 2.05) is 35.2 Å². The Kier molecular flexibility index (Phi) is 6.94. The van der Waals surface area contributed by atoms with Crippen molar-refractivity contribution in [1.29, 1.82) is 0 Å². The fourth-order valence-corrected chi connectivity index (χ4v) is 4.64. The second kappa shape index (κ2) is 9.40. The molecular formula is C20H27BrN2O3. The highest BCUT2D eigenvalue weighted by Crippen LogP contribution is 2.38. The molecule has 0 spiro atoms. The van der Waals surface area contributed by atoms with Crippen LogP contribution in [0, 0.1) is 5.92 Å². The molecule has 1 aliphatic carbocycles. The first-order chi connectivity index (χ1) is 12.7. The average molecular weight is 423 g/mol. The molecule has 3 atom stereocenters. The lowest BCUT2D eigenvalue weighted by Crippen LogP contribution is -2.47. The van der Waals surface area contributed by atoms with Gasteiger partial charge in [0, 0.05) is 18.6 Å². The van der Waals surface area contributed by atoms with Gasteiger partial charge < -0.3 is 15.0 Å². The minimum atomic E-state index is -0.424. The van der Waals surface area contributed by atoms with Gasteiger partial charge >= 0.3 is 6.09 Å². The molecule has 1 heterocycles. The fraction of sp³-hybridized carbons (Fsp3) is 0.600. The van der Waals surface area contributed by atoms with Gasteiger partial charge in [0.05, 0.1) is 5.33 Å². The Balaban J connectivity index is 1.53. The first kappa shape index (κ1) is 19.2. The van der Waals surface area contributed by atoms with Gasteiger partial charge in [-0.1, -0.05) is 65.5 Å². The molecule has 6 heteroatoms. The van der Waals surface area contributed by atoms with E-state index in [-0.39, 0.29) is 18.6 Å². The summed E-state index contributed by atoms with van der Waals surface area (Å²) in [5.41, 5.74) is 0.960. The van der Waals surface area contributed by atoms with Crippen LogP contribution >= 0.6 is 15.9 Å². The number of benzene rings is 1. The van der Waals surface area contributed by atoms with E-state index < -0.39 is 6.09 Å². The standard InChI is InChI=1S/C20H27BrN2O3/c21-12-19(24)23-17(11-16-9-5-2-6-10-18(16)23)13-22-20(25)26-14-15-7-3-1-4-8-15/h1,3-4,7-8,16-18H,2,5-6,9-14H2,(H,22,25)/t16-,17-,18+/m0/s1. The molecule has 26 heavy (non-hydrogen) atoms. The van der Waals surface area contributed by atoms with Gasteiger partial charge in [-0.25, -0.2) is 4.79 Å². The zero-order chi connectivity index (χ0) is 18.4. The third kappa shape index (κ3) is 4.78. The third-order valence-electron chi connectivity index (χ3n) is 5.54. The molecule has 5 nitrogen and oxygen atoms in total. The minimum Gasteiger partial charge on any atom is -0.445 e. The van der Waals surface area contributed by atoms with E-state index >= 15 is 0 Å². The quantitative estimate of drug-likeness (QED) is 0.732. The highest BCUT2D eigenvalue weighted by Gasteiger charge is 2.43. The van der Waals surface area contributed by atoms with E-state index in [0.717, 1.165) is 18.4 Å². The summed E-state index contributed by atoms with van der Waals surface area (Å²) in [6, 6.07) is 10.0. The van der Waals surface area contributed by atoms with Crippen molar-refractivity contribution in [2.45, 2.75) is 57.2 Å². The van der Waals surface area contributed by atoms with Crippen molar-refractivity contribution in [3.8, 4) is 0 Å². The number of hydrogen-bond donors (Lipinski definition) is 1. The van der Waals surface area contributed by atoms with E-state index in [4.69, 9.17) is 4.74 Å². The van der Waals surface area contributed by atoms with E-state index in [1.165, 1.54) is 25.7 Å². The maximum Gasteiger partial charge on any atom is 0.407 e. The molecule has 0 radical (unpaired) electrons. The molecular weight excluding hydrogens is 396 g/mol. The van der Waals surface area contributed by atoms with Crippen LogP contribution in [0.15, 0.2) is 30.3 Å². The maximum absolute atomic E-state index is 12.5. The molecule has 142 valence electrons. The summed E-state index contributed by atoms with van der Waals surface area (Å²) in [6.07, 6.45) is 6.51. The van der Waals surface area contributed by atoms with E-state index in [1.54, 1.807) is 0 Å². The number of rotatable bonds is 5. The average Bonchev–Trinajstić information content (AvgIpc) is 2.86. The highest BCUT2D eigenvalue weighted by molar-refractivity contribution is 9.09. The first-order valence-electron chi connectivity index (χ1n) is 9.50. The van der Waals surface area contributed by atoms with Crippen molar-refractivity contribution in [3.05, 3.63) is 35.9 Å². The Morgan fingerprint density at radius 1 is 1.15 bits per heavy atom.